The van der Waals surface area contributed by atoms with Crippen molar-refractivity contribution in [2.75, 3.05) is 19.8 Å². The van der Waals surface area contributed by atoms with Gasteiger partial charge in [0.2, 0.25) is 0 Å². The van der Waals surface area contributed by atoms with Gasteiger partial charge < -0.3 is 10.1 Å². The minimum atomic E-state index is -3.36. The number of hydrogen-bond acceptors (Lipinski definition) is 2. The fourth-order valence-corrected chi connectivity index (χ4v) is 2.77. The molecule has 0 saturated carbocycles. The summed E-state index contributed by atoms with van der Waals surface area (Å²) in [6, 6.07) is 9.89. The van der Waals surface area contributed by atoms with Crippen molar-refractivity contribution in [2.45, 2.75) is 11.3 Å². The predicted octanol–water partition coefficient (Wildman–Crippen LogP) is 3.30. The van der Waals surface area contributed by atoms with E-state index in [0.717, 1.165) is 18.2 Å². The van der Waals surface area contributed by atoms with Crippen LogP contribution in [0.1, 0.15) is 15.9 Å². The molecule has 132 valence electrons. The number of carbonyl (C=O) groups is 1. The molecule has 0 atom stereocenters. The first-order chi connectivity index (χ1) is 11.9. The summed E-state index contributed by atoms with van der Waals surface area (Å²) >= 11 is 0. The Morgan fingerprint density at radius 1 is 1.08 bits per heavy atom. The normalized spacial score (nSPS) is 16.2. The van der Waals surface area contributed by atoms with Crippen molar-refractivity contribution >= 4 is 5.91 Å². The molecule has 2 aromatic rings. The molecule has 1 fully saturated rings. The third kappa shape index (κ3) is 3.11. The zero-order valence-electron chi connectivity index (χ0n) is 13.1. The number of rotatable bonds is 5. The zero-order valence-corrected chi connectivity index (χ0v) is 13.1. The first kappa shape index (κ1) is 17.4. The van der Waals surface area contributed by atoms with Gasteiger partial charge in [0.05, 0.1) is 25.3 Å². The quantitative estimate of drug-likeness (QED) is 0.838. The van der Waals surface area contributed by atoms with E-state index in [2.05, 4.69) is 5.32 Å². The van der Waals surface area contributed by atoms with E-state index in [1.54, 1.807) is 0 Å². The van der Waals surface area contributed by atoms with Gasteiger partial charge in [-0.05, 0) is 29.8 Å². The largest absolute Gasteiger partial charge is 0.379 e. The van der Waals surface area contributed by atoms with Gasteiger partial charge in [-0.25, -0.2) is 17.6 Å². The number of hydrogen-bond donors (Lipinski definition) is 1. The van der Waals surface area contributed by atoms with Crippen LogP contribution < -0.4 is 5.32 Å². The molecule has 1 aliphatic rings. The molecule has 3 rings (SSSR count). The first-order valence-electron chi connectivity index (χ1n) is 7.60. The van der Waals surface area contributed by atoms with E-state index in [9.17, 15) is 22.4 Å². The molecule has 25 heavy (non-hydrogen) atoms. The Hall–Kier alpha value is -2.41. The number of ether oxygens (including phenoxy) is 1. The van der Waals surface area contributed by atoms with E-state index in [-0.39, 0.29) is 24.3 Å². The van der Waals surface area contributed by atoms with Crippen molar-refractivity contribution in [3.05, 3.63) is 71.3 Å². The van der Waals surface area contributed by atoms with Gasteiger partial charge in [0.1, 0.15) is 17.0 Å². The van der Waals surface area contributed by atoms with Crippen molar-refractivity contribution < 1.29 is 27.1 Å². The van der Waals surface area contributed by atoms with Gasteiger partial charge in [0.15, 0.2) is 0 Å². The molecule has 1 amide bonds. The highest BCUT2D eigenvalue weighted by molar-refractivity contribution is 5.94. The lowest BCUT2D eigenvalue weighted by atomic mass is 9.73. The van der Waals surface area contributed by atoms with E-state index in [0.29, 0.717) is 0 Å². The molecule has 7 heteroatoms. The van der Waals surface area contributed by atoms with Crippen LogP contribution in [-0.4, -0.2) is 31.6 Å². The minimum absolute atomic E-state index is 0.227. The van der Waals surface area contributed by atoms with Crippen LogP contribution in [0.4, 0.5) is 17.6 Å². The van der Waals surface area contributed by atoms with E-state index >= 15 is 0 Å². The predicted molar refractivity (Wildman–Crippen MR) is 82.6 cm³/mol. The zero-order chi connectivity index (χ0) is 18.1. The van der Waals surface area contributed by atoms with Gasteiger partial charge in [-0.1, -0.05) is 24.3 Å². The van der Waals surface area contributed by atoms with Crippen molar-refractivity contribution in [1.29, 1.82) is 0 Å². The van der Waals surface area contributed by atoms with Crippen LogP contribution in [0, 0.1) is 11.6 Å². The number of amides is 1. The van der Waals surface area contributed by atoms with E-state index in [1.807, 2.05) is 0 Å². The third-order valence-electron chi connectivity index (χ3n) is 4.38. The Kier molecular flexibility index (Phi) is 4.51. The average Bonchev–Trinajstić information content (AvgIpc) is 2.53. The third-order valence-corrected chi connectivity index (χ3v) is 4.38. The van der Waals surface area contributed by atoms with E-state index < -0.39 is 35.4 Å². The Balaban J connectivity index is 1.77. The molecule has 0 spiro atoms. The minimum Gasteiger partial charge on any atom is -0.379 e. The summed E-state index contributed by atoms with van der Waals surface area (Å²) in [7, 11) is 0. The molecule has 0 radical (unpaired) electrons. The fourth-order valence-electron chi connectivity index (χ4n) is 2.77. The number of halogens is 4. The molecule has 0 aliphatic carbocycles. The van der Waals surface area contributed by atoms with E-state index in [4.69, 9.17) is 4.74 Å². The van der Waals surface area contributed by atoms with Crippen molar-refractivity contribution in [3.63, 3.8) is 0 Å². The number of benzene rings is 2. The summed E-state index contributed by atoms with van der Waals surface area (Å²) in [4.78, 5) is 12.0. The molecular formula is C18H15F4NO2. The summed E-state index contributed by atoms with van der Waals surface area (Å²) in [5.41, 5.74) is -1.73. The second-order valence-corrected chi connectivity index (χ2v) is 5.95. The van der Waals surface area contributed by atoms with Gasteiger partial charge in [0.25, 0.3) is 11.8 Å². The maximum atomic E-state index is 14.8. The van der Waals surface area contributed by atoms with Crippen LogP contribution in [0.25, 0.3) is 0 Å². The molecule has 1 N–H and O–H groups in total. The maximum absolute atomic E-state index is 14.8. The van der Waals surface area contributed by atoms with Crippen molar-refractivity contribution in [1.82, 2.24) is 5.32 Å². The van der Waals surface area contributed by atoms with Gasteiger partial charge in [-0.15, -0.1) is 0 Å². The molecular weight excluding hydrogens is 338 g/mol. The van der Waals surface area contributed by atoms with Crippen LogP contribution in [0.5, 0.6) is 0 Å². The molecule has 1 saturated heterocycles. The lowest BCUT2D eigenvalue weighted by molar-refractivity contribution is -0.192. The van der Waals surface area contributed by atoms with Crippen LogP contribution >= 0.6 is 0 Å². The molecule has 0 aromatic heterocycles. The lowest BCUT2D eigenvalue weighted by Crippen LogP contribution is -2.62. The lowest BCUT2D eigenvalue weighted by Gasteiger charge is -2.47. The average molecular weight is 353 g/mol. The molecule has 1 heterocycles. The molecule has 0 unspecified atom stereocenters. The standard InChI is InChI=1S/C18H15F4NO2/c19-13-7-5-12(6-8-13)17(10-25-11-17)18(21,22)9-23-16(24)14-3-1-2-4-15(14)20/h1-8H,9-11H2,(H,23,24). The summed E-state index contributed by atoms with van der Waals surface area (Å²) < 4.78 is 61.2. The molecule has 2 aromatic carbocycles. The Bertz CT molecular complexity index is 773. The fraction of sp³-hybridized carbons (Fsp3) is 0.278. The first-order valence-corrected chi connectivity index (χ1v) is 7.60. The highest BCUT2D eigenvalue weighted by Gasteiger charge is 2.59. The summed E-state index contributed by atoms with van der Waals surface area (Å²) in [6.45, 7) is -1.48. The molecule has 0 bridgehead atoms. The van der Waals surface area contributed by atoms with Gasteiger partial charge in [-0.3, -0.25) is 4.79 Å². The number of nitrogens with one attached hydrogen (secondary N) is 1. The Morgan fingerprint density at radius 3 is 2.28 bits per heavy atom. The van der Waals surface area contributed by atoms with Gasteiger partial charge in [0, 0.05) is 0 Å². The van der Waals surface area contributed by atoms with Crippen LogP contribution in [0.3, 0.4) is 0 Å². The van der Waals surface area contributed by atoms with Crippen molar-refractivity contribution in [3.8, 4) is 0 Å². The second kappa shape index (κ2) is 6.48. The smallest absolute Gasteiger partial charge is 0.278 e. The van der Waals surface area contributed by atoms with Crippen molar-refractivity contribution in [2.24, 2.45) is 0 Å². The van der Waals surface area contributed by atoms with Crippen LogP contribution in [-0.2, 0) is 10.2 Å². The monoisotopic (exact) mass is 353 g/mol. The number of carbonyl (C=O) groups excluding carboxylic acids is 1. The van der Waals surface area contributed by atoms with Crippen LogP contribution in [0.15, 0.2) is 48.5 Å². The Labute approximate surface area is 141 Å². The number of alkyl halides is 2. The van der Waals surface area contributed by atoms with E-state index in [1.165, 1.54) is 30.3 Å². The molecule has 3 nitrogen and oxygen atoms in total. The summed E-state index contributed by atoms with van der Waals surface area (Å²) in [5.74, 6) is -5.60. The summed E-state index contributed by atoms with van der Waals surface area (Å²) in [5, 5.41) is 2.08. The SMILES string of the molecule is O=C(NCC(F)(F)C1(c2ccc(F)cc2)COC1)c1ccccc1F. The summed E-state index contributed by atoms with van der Waals surface area (Å²) in [6.07, 6.45) is 0. The highest BCUT2D eigenvalue weighted by atomic mass is 19.3. The topological polar surface area (TPSA) is 38.3 Å². The van der Waals surface area contributed by atoms with Gasteiger partial charge in [-0.2, -0.15) is 0 Å². The Morgan fingerprint density at radius 2 is 1.72 bits per heavy atom. The van der Waals surface area contributed by atoms with Crippen LogP contribution in [0.2, 0.25) is 0 Å². The maximum Gasteiger partial charge on any atom is 0.278 e. The second-order valence-electron chi connectivity index (χ2n) is 5.95. The highest BCUT2D eigenvalue weighted by Crippen LogP contribution is 2.45. The molecule has 1 aliphatic heterocycles. The van der Waals surface area contributed by atoms with Gasteiger partial charge >= 0.3 is 0 Å².